The van der Waals surface area contributed by atoms with Crippen LogP contribution in [0.2, 0.25) is 0 Å². The third kappa shape index (κ3) is 3.82. The van der Waals surface area contributed by atoms with Crippen LogP contribution in [0.25, 0.3) is 11.3 Å². The summed E-state index contributed by atoms with van der Waals surface area (Å²) in [6.07, 6.45) is 4.15. The molecule has 3 heterocycles. The standard InChI is InChI=1S/C21H24N4O3S/c1-14-7-9-17(10-8-14)29(26,27)25-11-5-4-6-19(25)21-18(13-22-16(3)23-21)20-12-15(2)24-28-20/h7-10,12-13,19H,4-6,11H2,1-3H3/t19-/m1/s1. The number of piperidine rings is 1. The molecule has 2 aromatic heterocycles. The molecule has 152 valence electrons. The molecule has 0 bridgehead atoms. The van der Waals surface area contributed by atoms with Crippen molar-refractivity contribution in [3.05, 3.63) is 59.3 Å². The Bertz CT molecular complexity index is 1120. The van der Waals surface area contributed by atoms with Crippen LogP contribution in [-0.4, -0.2) is 34.4 Å². The lowest BCUT2D eigenvalue weighted by Gasteiger charge is -2.35. The van der Waals surface area contributed by atoms with Crippen molar-refractivity contribution < 1.29 is 12.9 Å². The van der Waals surface area contributed by atoms with Gasteiger partial charge in [-0.15, -0.1) is 0 Å². The number of aryl methyl sites for hydroxylation is 3. The lowest BCUT2D eigenvalue weighted by atomic mass is 9.98. The quantitative estimate of drug-likeness (QED) is 0.644. The molecule has 1 aliphatic rings. The van der Waals surface area contributed by atoms with Crippen LogP contribution in [0.1, 0.15) is 48.1 Å². The second-order valence-corrected chi connectivity index (χ2v) is 9.38. The Labute approximate surface area is 170 Å². The third-order valence-electron chi connectivity index (χ3n) is 5.23. The maximum Gasteiger partial charge on any atom is 0.243 e. The molecule has 1 saturated heterocycles. The van der Waals surface area contributed by atoms with Gasteiger partial charge >= 0.3 is 0 Å². The highest BCUT2D eigenvalue weighted by molar-refractivity contribution is 7.89. The Hall–Kier alpha value is -2.58. The molecule has 3 aromatic rings. The molecule has 1 atom stereocenters. The maximum absolute atomic E-state index is 13.5. The fourth-order valence-electron chi connectivity index (χ4n) is 3.73. The van der Waals surface area contributed by atoms with Crippen molar-refractivity contribution in [3.8, 4) is 11.3 Å². The Morgan fingerprint density at radius 1 is 1.10 bits per heavy atom. The summed E-state index contributed by atoms with van der Waals surface area (Å²) in [5, 5.41) is 3.96. The van der Waals surface area contributed by atoms with E-state index >= 15 is 0 Å². The van der Waals surface area contributed by atoms with E-state index in [1.165, 1.54) is 0 Å². The van der Waals surface area contributed by atoms with E-state index in [4.69, 9.17) is 4.52 Å². The molecule has 1 aliphatic heterocycles. The van der Waals surface area contributed by atoms with Gasteiger partial charge in [0.15, 0.2) is 5.76 Å². The first-order valence-corrected chi connectivity index (χ1v) is 11.2. The van der Waals surface area contributed by atoms with Crippen LogP contribution >= 0.6 is 0 Å². The van der Waals surface area contributed by atoms with Crippen LogP contribution in [0.5, 0.6) is 0 Å². The Kier molecular flexibility index (Phi) is 5.23. The molecule has 0 saturated carbocycles. The molecule has 0 spiro atoms. The minimum Gasteiger partial charge on any atom is -0.356 e. The van der Waals surface area contributed by atoms with Gasteiger partial charge in [-0.2, -0.15) is 4.31 Å². The molecule has 0 unspecified atom stereocenters. The summed E-state index contributed by atoms with van der Waals surface area (Å²) in [4.78, 5) is 9.26. The third-order valence-corrected chi connectivity index (χ3v) is 7.15. The SMILES string of the molecule is Cc1ccc(S(=O)(=O)N2CCCC[C@@H]2c2nc(C)ncc2-c2cc(C)no2)cc1. The monoisotopic (exact) mass is 412 g/mol. The first-order chi connectivity index (χ1) is 13.9. The average molecular weight is 413 g/mol. The van der Waals surface area contributed by atoms with Crippen molar-refractivity contribution in [3.63, 3.8) is 0 Å². The molecule has 0 N–H and O–H groups in total. The lowest BCUT2D eigenvalue weighted by Crippen LogP contribution is -2.39. The molecule has 0 amide bonds. The Balaban J connectivity index is 1.81. The van der Waals surface area contributed by atoms with Crippen LogP contribution in [0.3, 0.4) is 0 Å². The molecule has 1 fully saturated rings. The zero-order valence-electron chi connectivity index (χ0n) is 16.8. The van der Waals surface area contributed by atoms with Crippen LogP contribution in [0.15, 0.2) is 45.9 Å². The molecule has 0 aliphatic carbocycles. The van der Waals surface area contributed by atoms with Crippen molar-refractivity contribution in [2.45, 2.75) is 51.0 Å². The Morgan fingerprint density at radius 3 is 2.55 bits per heavy atom. The molecule has 4 rings (SSSR count). The summed E-state index contributed by atoms with van der Waals surface area (Å²) in [5.74, 6) is 1.15. The molecule has 29 heavy (non-hydrogen) atoms. The van der Waals surface area contributed by atoms with Gasteiger partial charge in [-0.1, -0.05) is 29.3 Å². The van der Waals surface area contributed by atoms with Crippen LogP contribution in [0, 0.1) is 20.8 Å². The predicted octanol–water partition coefficient (Wildman–Crippen LogP) is 3.97. The molecule has 7 nitrogen and oxygen atoms in total. The molecular formula is C21H24N4O3S. The van der Waals surface area contributed by atoms with E-state index in [1.807, 2.05) is 32.0 Å². The number of benzene rings is 1. The van der Waals surface area contributed by atoms with Gasteiger partial charge in [-0.25, -0.2) is 18.4 Å². The van der Waals surface area contributed by atoms with Crippen LogP contribution in [-0.2, 0) is 10.0 Å². The second kappa shape index (κ2) is 7.68. The number of sulfonamides is 1. The van der Waals surface area contributed by atoms with Gasteiger partial charge in [0, 0.05) is 18.8 Å². The van der Waals surface area contributed by atoms with E-state index in [2.05, 4.69) is 15.1 Å². The Morgan fingerprint density at radius 2 is 1.86 bits per heavy atom. The fraction of sp³-hybridized carbons (Fsp3) is 0.381. The van der Waals surface area contributed by atoms with Crippen molar-refractivity contribution in [2.75, 3.05) is 6.54 Å². The number of aromatic nitrogens is 3. The zero-order valence-corrected chi connectivity index (χ0v) is 17.6. The van der Waals surface area contributed by atoms with Gasteiger partial charge in [-0.05, 0) is 45.7 Å². The first kappa shape index (κ1) is 19.7. The highest BCUT2D eigenvalue weighted by atomic mass is 32.2. The highest BCUT2D eigenvalue weighted by Gasteiger charge is 2.37. The van der Waals surface area contributed by atoms with E-state index in [1.54, 1.807) is 29.6 Å². The summed E-state index contributed by atoms with van der Waals surface area (Å²) >= 11 is 0. The normalized spacial score (nSPS) is 18.1. The molecule has 8 heteroatoms. The van der Waals surface area contributed by atoms with E-state index in [-0.39, 0.29) is 6.04 Å². The maximum atomic E-state index is 13.5. The topological polar surface area (TPSA) is 89.2 Å². The van der Waals surface area contributed by atoms with Gasteiger partial charge in [0.05, 0.1) is 27.9 Å². The van der Waals surface area contributed by atoms with Gasteiger partial charge in [0.2, 0.25) is 10.0 Å². The molecular weight excluding hydrogens is 388 g/mol. The predicted molar refractivity (Wildman–Crippen MR) is 109 cm³/mol. The van der Waals surface area contributed by atoms with Crippen molar-refractivity contribution in [1.82, 2.24) is 19.4 Å². The summed E-state index contributed by atoms with van der Waals surface area (Å²) in [6, 6.07) is 8.42. The smallest absolute Gasteiger partial charge is 0.243 e. The number of hydrogen-bond donors (Lipinski definition) is 0. The van der Waals surface area contributed by atoms with Gasteiger partial charge in [0.1, 0.15) is 5.82 Å². The fourth-order valence-corrected chi connectivity index (χ4v) is 5.39. The van der Waals surface area contributed by atoms with Crippen molar-refractivity contribution in [1.29, 1.82) is 0 Å². The first-order valence-electron chi connectivity index (χ1n) is 9.72. The minimum absolute atomic E-state index is 0.304. The number of rotatable bonds is 4. The van der Waals surface area contributed by atoms with E-state index < -0.39 is 10.0 Å². The second-order valence-electron chi connectivity index (χ2n) is 7.49. The van der Waals surface area contributed by atoms with Crippen LogP contribution < -0.4 is 0 Å². The average Bonchev–Trinajstić information content (AvgIpc) is 3.14. The summed E-state index contributed by atoms with van der Waals surface area (Å²) in [5.41, 5.74) is 3.13. The highest BCUT2D eigenvalue weighted by Crippen LogP contribution is 2.38. The summed E-state index contributed by atoms with van der Waals surface area (Å²) in [6.45, 7) is 6.05. The summed E-state index contributed by atoms with van der Waals surface area (Å²) in [7, 11) is -3.66. The van der Waals surface area contributed by atoms with Gasteiger partial charge in [0.25, 0.3) is 0 Å². The number of nitrogens with zero attached hydrogens (tertiary/aromatic N) is 4. The largest absolute Gasteiger partial charge is 0.356 e. The zero-order chi connectivity index (χ0) is 20.6. The summed E-state index contributed by atoms with van der Waals surface area (Å²) < 4.78 is 34.0. The molecule has 1 aromatic carbocycles. The molecule has 0 radical (unpaired) electrons. The van der Waals surface area contributed by atoms with Crippen molar-refractivity contribution >= 4 is 10.0 Å². The van der Waals surface area contributed by atoms with Crippen LogP contribution in [0.4, 0.5) is 0 Å². The van der Waals surface area contributed by atoms with E-state index in [9.17, 15) is 8.42 Å². The number of hydrogen-bond acceptors (Lipinski definition) is 6. The minimum atomic E-state index is -3.66. The lowest BCUT2D eigenvalue weighted by molar-refractivity contribution is 0.251. The van der Waals surface area contributed by atoms with E-state index in [0.717, 1.165) is 24.1 Å². The van der Waals surface area contributed by atoms with Gasteiger partial charge < -0.3 is 4.52 Å². The van der Waals surface area contributed by atoms with Gasteiger partial charge in [-0.3, -0.25) is 0 Å². The van der Waals surface area contributed by atoms with Crippen molar-refractivity contribution in [2.24, 2.45) is 0 Å². The van der Waals surface area contributed by atoms with E-state index in [0.29, 0.717) is 40.7 Å².